The van der Waals surface area contributed by atoms with Crippen LogP contribution in [0.2, 0.25) is 5.02 Å². The highest BCUT2D eigenvalue weighted by molar-refractivity contribution is 6.32. The van der Waals surface area contributed by atoms with E-state index in [0.717, 1.165) is 19.0 Å². The Morgan fingerprint density at radius 3 is 2.57 bits per heavy atom. The summed E-state index contributed by atoms with van der Waals surface area (Å²) < 4.78 is 45.3. The Morgan fingerprint density at radius 2 is 2.00 bits per heavy atom. The van der Waals surface area contributed by atoms with Crippen molar-refractivity contribution in [1.29, 1.82) is 0 Å². The summed E-state index contributed by atoms with van der Waals surface area (Å²) in [5.41, 5.74) is -1.36. The molecule has 0 atom stereocenters. The first kappa shape index (κ1) is 17.3. The summed E-state index contributed by atoms with van der Waals surface area (Å²) >= 11 is 5.32. The van der Waals surface area contributed by atoms with Gasteiger partial charge in [-0.05, 0) is 25.8 Å². The Kier molecular flexibility index (Phi) is 5.30. The van der Waals surface area contributed by atoms with E-state index in [2.05, 4.69) is 5.32 Å². The summed E-state index contributed by atoms with van der Waals surface area (Å²) in [4.78, 5) is 24.2. The Hall–Kier alpha value is -2.02. The minimum absolute atomic E-state index is 0.00605. The van der Waals surface area contributed by atoms with Gasteiger partial charge in [-0.15, -0.1) is 0 Å². The van der Waals surface area contributed by atoms with Gasteiger partial charge >= 0.3 is 5.97 Å². The molecule has 1 aliphatic rings. The molecule has 0 heterocycles. The van der Waals surface area contributed by atoms with Crippen LogP contribution >= 0.6 is 11.6 Å². The van der Waals surface area contributed by atoms with Crippen LogP contribution in [0.15, 0.2) is 17.8 Å². The largest absolute Gasteiger partial charge is 0.462 e. The van der Waals surface area contributed by atoms with Gasteiger partial charge in [0.25, 0.3) is 0 Å². The summed E-state index contributed by atoms with van der Waals surface area (Å²) in [7, 11) is 0. The standard InChI is InChI=1S/C15H13ClF3NO3/c1-2-23-15(22)9(6-20-7-3-4-7)14(21)8-5-10(17)13(19)11(16)12(8)18/h5-7,20H,2-4H2,1H3/b9-6-. The predicted molar refractivity (Wildman–Crippen MR) is 76.5 cm³/mol. The van der Waals surface area contributed by atoms with E-state index >= 15 is 0 Å². The zero-order valence-corrected chi connectivity index (χ0v) is 12.8. The number of nitrogens with one attached hydrogen (secondary N) is 1. The molecule has 0 aromatic heterocycles. The molecular weight excluding hydrogens is 335 g/mol. The van der Waals surface area contributed by atoms with Gasteiger partial charge in [0.05, 0.1) is 12.2 Å². The summed E-state index contributed by atoms with van der Waals surface area (Å²) in [6, 6.07) is 0.480. The number of ketones is 1. The van der Waals surface area contributed by atoms with Gasteiger partial charge in [-0.1, -0.05) is 11.6 Å². The van der Waals surface area contributed by atoms with Gasteiger partial charge < -0.3 is 10.1 Å². The molecule has 1 saturated carbocycles. The van der Waals surface area contributed by atoms with Crippen molar-refractivity contribution in [2.24, 2.45) is 0 Å². The second-order valence-corrected chi connectivity index (χ2v) is 5.27. The van der Waals surface area contributed by atoms with E-state index < -0.39 is 45.4 Å². The van der Waals surface area contributed by atoms with E-state index in [1.165, 1.54) is 6.92 Å². The third-order valence-electron chi connectivity index (χ3n) is 3.13. The van der Waals surface area contributed by atoms with Gasteiger partial charge in [-0.25, -0.2) is 18.0 Å². The zero-order valence-electron chi connectivity index (χ0n) is 12.1. The molecule has 0 radical (unpaired) electrons. The predicted octanol–water partition coefficient (Wildman–Crippen LogP) is 3.14. The maximum Gasteiger partial charge on any atom is 0.343 e. The molecule has 1 fully saturated rings. The van der Waals surface area contributed by atoms with Gasteiger partial charge in [0, 0.05) is 12.2 Å². The number of benzene rings is 1. The van der Waals surface area contributed by atoms with Crippen molar-refractivity contribution in [2.75, 3.05) is 6.61 Å². The van der Waals surface area contributed by atoms with E-state index in [1.807, 2.05) is 0 Å². The highest BCUT2D eigenvalue weighted by Crippen LogP contribution is 2.27. The smallest absolute Gasteiger partial charge is 0.343 e. The fraction of sp³-hybridized carbons (Fsp3) is 0.333. The summed E-state index contributed by atoms with van der Waals surface area (Å²) in [6.45, 7) is 1.53. The Balaban J connectivity index is 2.40. The number of ether oxygens (including phenoxy) is 1. The van der Waals surface area contributed by atoms with Crippen LogP contribution in [0.25, 0.3) is 0 Å². The molecule has 0 amide bonds. The average molecular weight is 348 g/mol. The maximum atomic E-state index is 14.0. The molecule has 0 spiro atoms. The molecule has 2 rings (SSSR count). The number of rotatable bonds is 6. The number of carbonyl (C=O) groups is 2. The van der Waals surface area contributed by atoms with Gasteiger partial charge in [-0.3, -0.25) is 4.79 Å². The molecule has 1 aliphatic carbocycles. The molecule has 0 bridgehead atoms. The second-order valence-electron chi connectivity index (χ2n) is 4.90. The Morgan fingerprint density at radius 1 is 1.35 bits per heavy atom. The van der Waals surface area contributed by atoms with Crippen LogP contribution in [-0.4, -0.2) is 24.4 Å². The van der Waals surface area contributed by atoms with E-state index in [9.17, 15) is 22.8 Å². The SMILES string of the molecule is CCOC(=O)/C(=C\NC1CC1)C(=O)c1cc(F)c(F)c(Cl)c1F. The molecular formula is C15H13ClF3NO3. The molecule has 0 unspecified atom stereocenters. The number of halogens is 4. The normalized spacial score (nSPS) is 14.6. The maximum absolute atomic E-state index is 14.0. The zero-order chi connectivity index (χ0) is 17.1. The lowest BCUT2D eigenvalue weighted by Gasteiger charge is -2.09. The van der Waals surface area contributed by atoms with Crippen LogP contribution in [0.5, 0.6) is 0 Å². The highest BCUT2D eigenvalue weighted by atomic mass is 35.5. The Labute approximate surface area is 135 Å². The van der Waals surface area contributed by atoms with E-state index in [4.69, 9.17) is 16.3 Å². The van der Waals surface area contributed by atoms with Gasteiger partial charge in [-0.2, -0.15) is 0 Å². The number of esters is 1. The molecule has 0 saturated heterocycles. The summed E-state index contributed by atoms with van der Waals surface area (Å²) in [5, 5.41) is 1.65. The van der Waals surface area contributed by atoms with Crippen molar-refractivity contribution >= 4 is 23.4 Å². The third kappa shape index (κ3) is 3.85. The highest BCUT2D eigenvalue weighted by Gasteiger charge is 2.29. The Bertz CT molecular complexity index is 687. The summed E-state index contributed by atoms with van der Waals surface area (Å²) in [6.07, 6.45) is 2.84. The van der Waals surface area contributed by atoms with Crippen LogP contribution in [0.4, 0.5) is 13.2 Å². The van der Waals surface area contributed by atoms with Crippen molar-refractivity contribution < 1.29 is 27.5 Å². The van der Waals surface area contributed by atoms with Gasteiger partial charge in [0.1, 0.15) is 10.6 Å². The number of Topliss-reactive ketones (excluding diaryl/α,β-unsaturated/α-hetero) is 1. The van der Waals surface area contributed by atoms with Gasteiger partial charge in [0.15, 0.2) is 17.5 Å². The molecule has 4 nitrogen and oxygen atoms in total. The van der Waals surface area contributed by atoms with Crippen LogP contribution < -0.4 is 5.32 Å². The molecule has 23 heavy (non-hydrogen) atoms. The van der Waals surface area contributed by atoms with Crippen LogP contribution in [-0.2, 0) is 9.53 Å². The first-order valence-electron chi connectivity index (χ1n) is 6.87. The molecule has 1 aromatic rings. The quantitative estimate of drug-likeness (QED) is 0.163. The second kappa shape index (κ2) is 7.04. The van der Waals surface area contributed by atoms with E-state index in [-0.39, 0.29) is 12.6 Å². The lowest BCUT2D eigenvalue weighted by atomic mass is 10.0. The first-order valence-corrected chi connectivity index (χ1v) is 7.25. The van der Waals surface area contributed by atoms with Crippen LogP contribution in [0.3, 0.4) is 0 Å². The minimum Gasteiger partial charge on any atom is -0.462 e. The van der Waals surface area contributed by atoms with Crippen molar-refractivity contribution in [3.8, 4) is 0 Å². The molecule has 124 valence electrons. The molecule has 1 N–H and O–H groups in total. The van der Waals surface area contributed by atoms with Crippen LogP contribution in [0.1, 0.15) is 30.1 Å². The van der Waals surface area contributed by atoms with Crippen molar-refractivity contribution in [1.82, 2.24) is 5.32 Å². The first-order chi connectivity index (χ1) is 10.9. The van der Waals surface area contributed by atoms with Crippen molar-refractivity contribution in [3.05, 3.63) is 45.9 Å². The lowest BCUT2D eigenvalue weighted by Crippen LogP contribution is -2.21. The minimum atomic E-state index is -1.60. The van der Waals surface area contributed by atoms with Crippen molar-refractivity contribution in [2.45, 2.75) is 25.8 Å². The fourth-order valence-corrected chi connectivity index (χ4v) is 1.95. The van der Waals surface area contributed by atoms with Gasteiger partial charge in [0.2, 0.25) is 5.78 Å². The van der Waals surface area contributed by atoms with Crippen LogP contribution in [0, 0.1) is 17.5 Å². The van der Waals surface area contributed by atoms with E-state index in [0.29, 0.717) is 6.07 Å². The number of carbonyl (C=O) groups excluding carboxylic acids is 2. The monoisotopic (exact) mass is 347 g/mol. The lowest BCUT2D eigenvalue weighted by molar-refractivity contribution is -0.138. The molecule has 0 aliphatic heterocycles. The third-order valence-corrected chi connectivity index (χ3v) is 3.46. The average Bonchev–Trinajstić information content (AvgIpc) is 3.33. The fourth-order valence-electron chi connectivity index (χ4n) is 1.76. The topological polar surface area (TPSA) is 55.4 Å². The summed E-state index contributed by atoms with van der Waals surface area (Å²) in [5.74, 6) is -6.66. The number of hydrogen-bond donors (Lipinski definition) is 1. The molecule has 1 aromatic carbocycles. The van der Waals surface area contributed by atoms with E-state index in [1.54, 1.807) is 0 Å². The number of hydrogen-bond acceptors (Lipinski definition) is 4. The molecule has 8 heteroatoms. The van der Waals surface area contributed by atoms with Crippen molar-refractivity contribution in [3.63, 3.8) is 0 Å².